The average Bonchev–Trinajstić information content (AvgIpc) is 2.83. The van der Waals surface area contributed by atoms with Crippen LogP contribution in [0, 0.1) is 0 Å². The van der Waals surface area contributed by atoms with Gasteiger partial charge in [0, 0.05) is 19.2 Å². The minimum atomic E-state index is -0.00403. The molecule has 1 atom stereocenters. The van der Waals surface area contributed by atoms with Gasteiger partial charge in [0.25, 0.3) is 5.91 Å². The SMILES string of the molecule is O=C(c1cnc[nH]1)N1CCCCC1CCO. The van der Waals surface area contributed by atoms with Crippen molar-refractivity contribution in [3.63, 3.8) is 0 Å². The van der Waals surface area contributed by atoms with Crippen LogP contribution >= 0.6 is 0 Å². The summed E-state index contributed by atoms with van der Waals surface area (Å²) in [4.78, 5) is 20.7. The van der Waals surface area contributed by atoms with Crippen LogP contribution in [0.1, 0.15) is 36.2 Å². The smallest absolute Gasteiger partial charge is 0.272 e. The molecule has 0 radical (unpaired) electrons. The lowest BCUT2D eigenvalue weighted by Gasteiger charge is -2.35. The molecular weight excluding hydrogens is 206 g/mol. The van der Waals surface area contributed by atoms with Gasteiger partial charge in [-0.1, -0.05) is 0 Å². The molecule has 0 aliphatic carbocycles. The van der Waals surface area contributed by atoms with Crippen LogP contribution in [0.3, 0.4) is 0 Å². The largest absolute Gasteiger partial charge is 0.396 e. The highest BCUT2D eigenvalue weighted by Crippen LogP contribution is 2.21. The molecule has 2 heterocycles. The molecule has 5 heteroatoms. The number of likely N-dealkylation sites (tertiary alicyclic amines) is 1. The summed E-state index contributed by atoms with van der Waals surface area (Å²) in [6, 6.07) is 0.176. The Bertz CT molecular complexity index is 335. The number of aromatic nitrogens is 2. The molecule has 0 bridgehead atoms. The van der Waals surface area contributed by atoms with Crippen molar-refractivity contribution in [3.8, 4) is 0 Å². The summed E-state index contributed by atoms with van der Waals surface area (Å²) >= 11 is 0. The van der Waals surface area contributed by atoms with Gasteiger partial charge >= 0.3 is 0 Å². The van der Waals surface area contributed by atoms with Gasteiger partial charge < -0.3 is 15.0 Å². The second-order valence-corrected chi connectivity index (χ2v) is 4.13. The van der Waals surface area contributed by atoms with E-state index in [2.05, 4.69) is 9.97 Å². The first-order chi connectivity index (χ1) is 7.83. The summed E-state index contributed by atoms with van der Waals surface area (Å²) in [5, 5.41) is 8.99. The predicted molar refractivity (Wildman–Crippen MR) is 59.0 cm³/mol. The van der Waals surface area contributed by atoms with Gasteiger partial charge in [-0.25, -0.2) is 4.98 Å². The maximum absolute atomic E-state index is 12.1. The maximum atomic E-state index is 12.1. The van der Waals surface area contributed by atoms with Crippen LogP contribution in [0.15, 0.2) is 12.5 Å². The predicted octanol–water partition coefficient (Wildman–Crippen LogP) is 0.787. The number of nitrogens with zero attached hydrogens (tertiary/aromatic N) is 2. The maximum Gasteiger partial charge on any atom is 0.272 e. The van der Waals surface area contributed by atoms with Gasteiger partial charge in [0.2, 0.25) is 0 Å². The minimum Gasteiger partial charge on any atom is -0.396 e. The van der Waals surface area contributed by atoms with E-state index in [0.717, 1.165) is 25.8 Å². The Morgan fingerprint density at radius 2 is 2.50 bits per heavy atom. The van der Waals surface area contributed by atoms with Crippen molar-refractivity contribution in [3.05, 3.63) is 18.2 Å². The Kier molecular flexibility index (Phi) is 3.56. The minimum absolute atomic E-state index is 0.00403. The molecule has 5 nitrogen and oxygen atoms in total. The number of aliphatic hydroxyl groups excluding tert-OH is 1. The normalized spacial score (nSPS) is 21.1. The van der Waals surface area contributed by atoms with Crippen molar-refractivity contribution in [2.45, 2.75) is 31.7 Å². The van der Waals surface area contributed by atoms with Crippen molar-refractivity contribution >= 4 is 5.91 Å². The zero-order valence-electron chi connectivity index (χ0n) is 9.22. The van der Waals surface area contributed by atoms with Crippen molar-refractivity contribution in [2.24, 2.45) is 0 Å². The fourth-order valence-electron chi connectivity index (χ4n) is 2.24. The quantitative estimate of drug-likeness (QED) is 0.795. The summed E-state index contributed by atoms with van der Waals surface area (Å²) < 4.78 is 0. The number of amides is 1. The van der Waals surface area contributed by atoms with Gasteiger partial charge in [-0.15, -0.1) is 0 Å². The van der Waals surface area contributed by atoms with Crippen LogP contribution in [0.2, 0.25) is 0 Å². The van der Waals surface area contributed by atoms with Gasteiger partial charge in [0.05, 0.1) is 12.5 Å². The summed E-state index contributed by atoms with van der Waals surface area (Å²) in [7, 11) is 0. The van der Waals surface area contributed by atoms with Crippen molar-refractivity contribution in [1.82, 2.24) is 14.9 Å². The first-order valence-electron chi connectivity index (χ1n) is 5.73. The Hall–Kier alpha value is -1.36. The van der Waals surface area contributed by atoms with E-state index < -0.39 is 0 Å². The third-order valence-electron chi connectivity index (χ3n) is 3.08. The standard InChI is InChI=1S/C11H17N3O2/c15-6-4-9-3-1-2-5-14(9)11(16)10-7-12-8-13-10/h7-9,15H,1-6H2,(H,12,13). The summed E-state index contributed by atoms with van der Waals surface area (Å²) in [5.74, 6) is -0.00403. The van der Waals surface area contributed by atoms with E-state index in [1.807, 2.05) is 4.90 Å². The van der Waals surface area contributed by atoms with E-state index >= 15 is 0 Å². The van der Waals surface area contributed by atoms with E-state index in [1.54, 1.807) is 6.20 Å². The fourth-order valence-corrected chi connectivity index (χ4v) is 2.24. The third kappa shape index (κ3) is 2.24. The van der Waals surface area contributed by atoms with Crippen molar-refractivity contribution in [1.29, 1.82) is 0 Å². The highest BCUT2D eigenvalue weighted by molar-refractivity contribution is 5.92. The topological polar surface area (TPSA) is 69.2 Å². The van der Waals surface area contributed by atoms with Gasteiger partial charge in [0.15, 0.2) is 0 Å². The van der Waals surface area contributed by atoms with E-state index in [0.29, 0.717) is 12.1 Å². The number of H-pyrrole nitrogens is 1. The molecule has 2 rings (SSSR count). The number of carbonyl (C=O) groups excluding carboxylic acids is 1. The molecule has 16 heavy (non-hydrogen) atoms. The highest BCUT2D eigenvalue weighted by Gasteiger charge is 2.27. The molecule has 1 saturated heterocycles. The van der Waals surface area contributed by atoms with Crippen LogP contribution in [0.4, 0.5) is 0 Å². The van der Waals surface area contributed by atoms with E-state index in [4.69, 9.17) is 5.11 Å². The molecule has 2 N–H and O–H groups in total. The second-order valence-electron chi connectivity index (χ2n) is 4.13. The second kappa shape index (κ2) is 5.12. The summed E-state index contributed by atoms with van der Waals surface area (Å²) in [5.41, 5.74) is 0.532. The summed E-state index contributed by atoms with van der Waals surface area (Å²) in [6.45, 7) is 0.917. The van der Waals surface area contributed by atoms with Gasteiger partial charge in [-0.2, -0.15) is 0 Å². The molecule has 88 valence electrons. The fraction of sp³-hybridized carbons (Fsp3) is 0.636. The van der Waals surface area contributed by atoms with Crippen LogP contribution in [0.25, 0.3) is 0 Å². The molecule has 1 aromatic heterocycles. The molecule has 0 saturated carbocycles. The lowest BCUT2D eigenvalue weighted by molar-refractivity contribution is 0.0569. The molecule has 1 unspecified atom stereocenters. The number of aliphatic hydroxyl groups is 1. The number of aromatic amines is 1. The zero-order chi connectivity index (χ0) is 11.4. The van der Waals surface area contributed by atoms with Crippen LogP contribution in [-0.4, -0.2) is 45.1 Å². The molecule has 1 aromatic rings. The summed E-state index contributed by atoms with van der Waals surface area (Å²) in [6.07, 6.45) is 6.89. The number of piperidine rings is 1. The van der Waals surface area contributed by atoms with Gasteiger partial charge in [0.1, 0.15) is 5.69 Å². The third-order valence-corrected chi connectivity index (χ3v) is 3.08. The van der Waals surface area contributed by atoms with Crippen LogP contribution in [0.5, 0.6) is 0 Å². The van der Waals surface area contributed by atoms with Crippen LogP contribution < -0.4 is 0 Å². The number of carbonyl (C=O) groups is 1. The number of rotatable bonds is 3. The van der Waals surface area contributed by atoms with Crippen molar-refractivity contribution in [2.75, 3.05) is 13.2 Å². The molecule has 1 aliphatic heterocycles. The zero-order valence-corrected chi connectivity index (χ0v) is 9.22. The lowest BCUT2D eigenvalue weighted by atomic mass is 9.99. The number of imidazole rings is 1. The lowest BCUT2D eigenvalue weighted by Crippen LogP contribution is -2.44. The Morgan fingerprint density at radius 3 is 3.19 bits per heavy atom. The molecule has 0 spiro atoms. The van der Waals surface area contributed by atoms with E-state index in [9.17, 15) is 4.79 Å². The molecular formula is C11H17N3O2. The first-order valence-corrected chi connectivity index (χ1v) is 5.73. The van der Waals surface area contributed by atoms with E-state index in [1.165, 1.54) is 6.33 Å². The van der Waals surface area contributed by atoms with Gasteiger partial charge in [-0.3, -0.25) is 4.79 Å². The number of hydrogen-bond donors (Lipinski definition) is 2. The Balaban J connectivity index is 2.08. The number of nitrogens with one attached hydrogen (secondary N) is 1. The number of hydrogen-bond acceptors (Lipinski definition) is 3. The first kappa shape index (κ1) is 11.1. The van der Waals surface area contributed by atoms with E-state index in [-0.39, 0.29) is 18.6 Å². The van der Waals surface area contributed by atoms with Crippen LogP contribution in [-0.2, 0) is 0 Å². The Labute approximate surface area is 94.5 Å². The highest BCUT2D eigenvalue weighted by atomic mass is 16.3. The molecule has 1 fully saturated rings. The molecule has 1 aliphatic rings. The van der Waals surface area contributed by atoms with Gasteiger partial charge in [-0.05, 0) is 25.7 Å². The average molecular weight is 223 g/mol. The molecule has 0 aromatic carbocycles. The van der Waals surface area contributed by atoms with Crippen molar-refractivity contribution < 1.29 is 9.90 Å². The Morgan fingerprint density at radius 1 is 1.62 bits per heavy atom. The molecule has 1 amide bonds. The monoisotopic (exact) mass is 223 g/mol.